The monoisotopic (exact) mass is 882 g/mol. The van der Waals surface area contributed by atoms with E-state index in [0.29, 0.717) is 85.1 Å². The van der Waals surface area contributed by atoms with E-state index in [1.54, 1.807) is 72.8 Å². The van der Waals surface area contributed by atoms with E-state index in [1.165, 1.54) is 28.6 Å². The van der Waals surface area contributed by atoms with Gasteiger partial charge < -0.3 is 14.6 Å². The van der Waals surface area contributed by atoms with Crippen molar-refractivity contribution in [3.63, 3.8) is 0 Å². The fourth-order valence-corrected chi connectivity index (χ4v) is 9.67. The molecule has 2 aliphatic rings. The molecular formula is C46H44F2N4O8S2. The highest BCUT2D eigenvalue weighted by Gasteiger charge is 2.36. The quantitative estimate of drug-likeness (QED) is 0.146. The molecule has 0 amide bonds. The summed E-state index contributed by atoms with van der Waals surface area (Å²) in [6.45, 7) is 7.35. The molecule has 8 rings (SSSR count). The number of pyridine rings is 2. The maximum absolute atomic E-state index is 13.6. The Kier molecular flexibility index (Phi) is 12.2. The molecule has 2 aliphatic heterocycles. The first-order valence-electron chi connectivity index (χ1n) is 19.6. The van der Waals surface area contributed by atoms with Crippen LogP contribution in [0.2, 0.25) is 0 Å². The first-order chi connectivity index (χ1) is 29.4. The van der Waals surface area contributed by atoms with Crippen molar-refractivity contribution in [2.45, 2.75) is 59.4 Å². The summed E-state index contributed by atoms with van der Waals surface area (Å²) in [5.41, 5.74) is 5.94. The topological polar surface area (TPSA) is 156 Å². The number of anilines is 4. The molecule has 0 aliphatic carbocycles. The van der Waals surface area contributed by atoms with Crippen molar-refractivity contribution in [3.8, 4) is 33.8 Å². The number of aliphatic hydroxyl groups is 1. The first-order valence-corrected chi connectivity index (χ1v) is 23.3. The van der Waals surface area contributed by atoms with Crippen LogP contribution in [-0.2, 0) is 39.9 Å². The molecule has 0 radical (unpaired) electrons. The minimum absolute atomic E-state index is 0.00269. The lowest BCUT2D eigenvalue weighted by Gasteiger charge is -2.26. The summed E-state index contributed by atoms with van der Waals surface area (Å²) in [5.74, 6) is 0.149. The third-order valence-corrected chi connectivity index (χ3v) is 12.4. The molecule has 2 aromatic heterocycles. The van der Waals surface area contributed by atoms with Gasteiger partial charge in [0.15, 0.2) is 17.9 Å². The van der Waals surface area contributed by atoms with E-state index in [1.807, 2.05) is 27.7 Å². The van der Waals surface area contributed by atoms with Crippen LogP contribution in [0.3, 0.4) is 0 Å². The number of halogens is 2. The number of carbonyl (C=O) groups excluding carboxylic acids is 1. The Morgan fingerprint density at radius 1 is 0.645 bits per heavy atom. The Bertz CT molecular complexity index is 2910. The number of aldehydes is 1. The van der Waals surface area contributed by atoms with E-state index in [9.17, 15) is 35.5 Å². The number of sulfonamides is 2. The molecule has 0 fully saturated rings. The SMILES string of the molecule is CC(C)c1nc2c(c(-c3ccc(F)cc3)c1C=O)COc1ccccc1N2S(C)(=O)=O.CC(C)c1nc2c(c(-c3ccc(F)cc3)c1CO)COc1ccccc1N2S(C)(=O)=O. The van der Waals surface area contributed by atoms with Gasteiger partial charge in [-0.05, 0) is 77.1 Å². The number of aromatic nitrogens is 2. The van der Waals surface area contributed by atoms with Gasteiger partial charge in [0.05, 0.1) is 30.5 Å². The van der Waals surface area contributed by atoms with E-state index in [0.717, 1.165) is 16.8 Å². The molecule has 0 saturated carbocycles. The average molecular weight is 883 g/mol. The summed E-state index contributed by atoms with van der Waals surface area (Å²) in [7, 11) is -7.58. The van der Waals surface area contributed by atoms with Crippen LogP contribution in [0.5, 0.6) is 11.5 Å². The van der Waals surface area contributed by atoms with Crippen LogP contribution in [0.1, 0.15) is 78.0 Å². The summed E-state index contributed by atoms with van der Waals surface area (Å²) in [6.07, 6.45) is 2.93. The van der Waals surface area contributed by atoms with Gasteiger partial charge in [-0.15, -0.1) is 0 Å². The second-order valence-corrected chi connectivity index (χ2v) is 19.1. The molecule has 322 valence electrons. The lowest BCUT2D eigenvalue weighted by molar-refractivity contribution is 0.112. The summed E-state index contributed by atoms with van der Waals surface area (Å²) < 4.78 is 93.1. The predicted molar refractivity (Wildman–Crippen MR) is 234 cm³/mol. The number of rotatable bonds is 8. The van der Waals surface area contributed by atoms with Crippen LogP contribution in [-0.4, -0.2) is 50.7 Å². The lowest BCUT2D eigenvalue weighted by atomic mass is 9.91. The van der Waals surface area contributed by atoms with Crippen molar-refractivity contribution >= 4 is 49.3 Å². The van der Waals surface area contributed by atoms with Crippen molar-refractivity contribution in [3.05, 3.63) is 142 Å². The van der Waals surface area contributed by atoms with Crippen LogP contribution in [0.4, 0.5) is 31.8 Å². The van der Waals surface area contributed by atoms with Gasteiger partial charge in [-0.3, -0.25) is 4.79 Å². The molecular weight excluding hydrogens is 839 g/mol. The van der Waals surface area contributed by atoms with Gasteiger partial charge in [0, 0.05) is 27.8 Å². The average Bonchev–Trinajstić information content (AvgIpc) is 3.51. The molecule has 0 atom stereocenters. The Balaban J connectivity index is 0.000000186. The molecule has 16 heteroatoms. The number of hydrogen-bond donors (Lipinski definition) is 1. The zero-order valence-electron chi connectivity index (χ0n) is 34.8. The number of para-hydroxylation sites is 4. The normalized spacial score (nSPS) is 13.3. The number of fused-ring (bicyclic) bond motifs is 4. The van der Waals surface area contributed by atoms with E-state index < -0.39 is 25.9 Å². The van der Waals surface area contributed by atoms with Crippen molar-refractivity contribution < 1.29 is 45.0 Å². The largest absolute Gasteiger partial charge is 0.487 e. The van der Waals surface area contributed by atoms with Gasteiger partial charge in [-0.2, -0.15) is 0 Å². The first kappa shape index (κ1) is 43.8. The van der Waals surface area contributed by atoms with Gasteiger partial charge in [0.25, 0.3) is 0 Å². The molecule has 4 heterocycles. The van der Waals surface area contributed by atoms with Crippen molar-refractivity contribution in [2.24, 2.45) is 0 Å². The molecule has 4 aromatic carbocycles. The zero-order chi connectivity index (χ0) is 44.7. The van der Waals surface area contributed by atoms with E-state index in [-0.39, 0.29) is 49.1 Å². The Morgan fingerprint density at radius 3 is 1.45 bits per heavy atom. The fourth-order valence-electron chi connectivity index (χ4n) is 7.73. The van der Waals surface area contributed by atoms with Crippen LogP contribution < -0.4 is 18.1 Å². The molecule has 0 bridgehead atoms. The number of ether oxygens (including phenoxy) is 2. The van der Waals surface area contributed by atoms with Gasteiger partial charge in [-0.25, -0.2) is 44.2 Å². The van der Waals surface area contributed by atoms with Crippen molar-refractivity contribution in [2.75, 3.05) is 21.1 Å². The molecule has 0 spiro atoms. The van der Waals surface area contributed by atoms with Gasteiger partial charge >= 0.3 is 0 Å². The number of nitrogens with zero attached hydrogens (tertiary/aromatic N) is 4. The van der Waals surface area contributed by atoms with E-state index >= 15 is 0 Å². The Labute approximate surface area is 359 Å². The molecule has 62 heavy (non-hydrogen) atoms. The second kappa shape index (κ2) is 17.3. The minimum Gasteiger partial charge on any atom is -0.487 e. The summed E-state index contributed by atoms with van der Waals surface area (Å²) >= 11 is 0. The van der Waals surface area contributed by atoms with Gasteiger partial charge in [-0.1, -0.05) is 76.2 Å². The standard InChI is InChI=1S/C23H23FN2O4S.C23H21FN2O4S/c2*1-14(2)22-17(12-27)21(15-8-10-16(24)11-9-15)18-13-30-20-7-5-4-6-19(20)26(23(18)25-22)31(3,28)29/h4-11,14,27H,12-13H2,1-3H3;4-12,14H,13H2,1-3H3. The third-order valence-electron chi connectivity index (χ3n) is 10.3. The number of aliphatic hydroxyl groups excluding tert-OH is 1. The van der Waals surface area contributed by atoms with Crippen molar-refractivity contribution in [1.82, 2.24) is 9.97 Å². The van der Waals surface area contributed by atoms with Crippen LogP contribution in [0, 0.1) is 11.6 Å². The molecule has 0 unspecified atom stereocenters. The van der Waals surface area contributed by atoms with Crippen molar-refractivity contribution in [1.29, 1.82) is 0 Å². The highest BCUT2D eigenvalue weighted by Crippen LogP contribution is 2.47. The third kappa shape index (κ3) is 8.37. The Morgan fingerprint density at radius 2 is 1.05 bits per heavy atom. The minimum atomic E-state index is -3.80. The number of benzene rings is 4. The summed E-state index contributed by atoms with van der Waals surface area (Å²) in [4.78, 5) is 21.6. The lowest BCUT2D eigenvalue weighted by Crippen LogP contribution is -2.27. The maximum Gasteiger partial charge on any atom is 0.237 e. The number of carbonyl (C=O) groups is 1. The predicted octanol–water partition coefficient (Wildman–Crippen LogP) is 9.31. The van der Waals surface area contributed by atoms with Gasteiger partial charge in [0.2, 0.25) is 20.0 Å². The maximum atomic E-state index is 13.6. The summed E-state index contributed by atoms with van der Waals surface area (Å²) in [6, 6.07) is 25.3. The van der Waals surface area contributed by atoms with E-state index in [4.69, 9.17) is 14.5 Å². The number of hydrogen-bond acceptors (Lipinski definition) is 10. The molecule has 12 nitrogen and oxygen atoms in total. The molecule has 0 saturated heterocycles. The fraction of sp³-hybridized carbons (Fsp3) is 0.239. The van der Waals surface area contributed by atoms with E-state index in [2.05, 4.69) is 4.98 Å². The summed E-state index contributed by atoms with van der Waals surface area (Å²) in [5, 5.41) is 10.2. The molecule has 6 aromatic rings. The smallest absolute Gasteiger partial charge is 0.237 e. The van der Waals surface area contributed by atoms with Crippen LogP contribution >= 0.6 is 0 Å². The van der Waals surface area contributed by atoms with Gasteiger partial charge in [0.1, 0.15) is 47.7 Å². The van der Waals surface area contributed by atoms with Crippen LogP contribution in [0.15, 0.2) is 97.1 Å². The highest BCUT2D eigenvalue weighted by molar-refractivity contribution is 7.92. The second-order valence-electron chi connectivity index (χ2n) is 15.4. The highest BCUT2D eigenvalue weighted by atomic mass is 32.2. The Hall–Kier alpha value is -6.23. The van der Waals surface area contributed by atoms with Crippen LogP contribution in [0.25, 0.3) is 22.3 Å². The zero-order valence-corrected chi connectivity index (χ0v) is 36.4. The molecule has 1 N–H and O–H groups in total.